The van der Waals surface area contributed by atoms with Gasteiger partial charge in [-0.2, -0.15) is 0 Å². The number of hydrogen-bond donors (Lipinski definition) is 0. The minimum Gasteiger partial charge on any atom is -0.496 e. The maximum atomic E-state index is 12.0. The van der Waals surface area contributed by atoms with Gasteiger partial charge in [-0.15, -0.1) is 0 Å². The van der Waals surface area contributed by atoms with Crippen molar-refractivity contribution in [1.82, 2.24) is 4.31 Å². The molecule has 0 aromatic heterocycles. The molecule has 106 valence electrons. The lowest BCUT2D eigenvalue weighted by Gasteiger charge is -2.21. The van der Waals surface area contributed by atoms with Crippen molar-refractivity contribution < 1.29 is 17.9 Å². The highest BCUT2D eigenvalue weighted by Gasteiger charge is 2.25. The second-order valence-electron chi connectivity index (χ2n) is 4.19. The standard InChI is InChI=1S/C14H15NO4S/c1-19-13-7-3-2-6-12(13)8-9-14(16)15-10-4-5-11-20(15,17)18/h2-3,5-9,11H,4,10H2,1H3/b9-8+. The number of sulfonamides is 1. The first-order valence-electron chi connectivity index (χ1n) is 6.09. The molecule has 1 aromatic carbocycles. The summed E-state index contributed by atoms with van der Waals surface area (Å²) in [4.78, 5) is 12.0. The topological polar surface area (TPSA) is 63.7 Å². The van der Waals surface area contributed by atoms with Crippen LogP contribution in [-0.2, 0) is 14.8 Å². The van der Waals surface area contributed by atoms with Gasteiger partial charge < -0.3 is 4.74 Å². The summed E-state index contributed by atoms with van der Waals surface area (Å²) in [5, 5.41) is 1.06. The summed E-state index contributed by atoms with van der Waals surface area (Å²) in [5.41, 5.74) is 0.716. The molecule has 0 saturated heterocycles. The van der Waals surface area contributed by atoms with Gasteiger partial charge in [-0.1, -0.05) is 24.3 Å². The third-order valence-electron chi connectivity index (χ3n) is 2.86. The number of carbonyl (C=O) groups is 1. The molecule has 1 aliphatic rings. The van der Waals surface area contributed by atoms with Gasteiger partial charge >= 0.3 is 0 Å². The molecule has 0 spiro atoms. The molecule has 6 heteroatoms. The normalized spacial score (nSPS) is 17.4. The first-order chi connectivity index (χ1) is 9.54. The summed E-state index contributed by atoms with van der Waals surface area (Å²) >= 11 is 0. The monoisotopic (exact) mass is 293 g/mol. The van der Waals surface area contributed by atoms with Crippen LogP contribution in [0.4, 0.5) is 0 Å². The Bertz CT molecular complexity index is 662. The number of nitrogens with zero attached hydrogens (tertiary/aromatic N) is 1. The van der Waals surface area contributed by atoms with Gasteiger partial charge in [0.05, 0.1) is 7.11 Å². The molecule has 0 saturated carbocycles. The molecule has 5 nitrogen and oxygen atoms in total. The van der Waals surface area contributed by atoms with Gasteiger partial charge in [0.15, 0.2) is 0 Å². The molecule has 20 heavy (non-hydrogen) atoms. The Morgan fingerprint density at radius 3 is 2.80 bits per heavy atom. The zero-order valence-corrected chi connectivity index (χ0v) is 11.8. The molecule has 0 bridgehead atoms. The van der Waals surface area contributed by atoms with E-state index in [1.54, 1.807) is 24.3 Å². The Kier molecular flexibility index (Phi) is 4.24. The summed E-state index contributed by atoms with van der Waals surface area (Å²) < 4.78 is 29.5. The van der Waals surface area contributed by atoms with Crippen molar-refractivity contribution in [3.8, 4) is 5.75 Å². The first kappa shape index (κ1) is 14.3. The zero-order chi connectivity index (χ0) is 14.6. The fourth-order valence-corrected chi connectivity index (χ4v) is 3.06. The molecule has 0 radical (unpaired) electrons. The summed E-state index contributed by atoms with van der Waals surface area (Å²) in [7, 11) is -2.09. The first-order valence-corrected chi connectivity index (χ1v) is 7.59. The number of amides is 1. The van der Waals surface area contributed by atoms with Crippen molar-refractivity contribution in [2.45, 2.75) is 6.42 Å². The number of rotatable bonds is 3. The second kappa shape index (κ2) is 5.92. The Morgan fingerprint density at radius 2 is 2.10 bits per heavy atom. The Balaban J connectivity index is 2.19. The molecule has 1 amide bonds. The van der Waals surface area contributed by atoms with Crippen LogP contribution in [0.2, 0.25) is 0 Å². The second-order valence-corrected chi connectivity index (χ2v) is 5.93. The van der Waals surface area contributed by atoms with Gasteiger partial charge in [-0.05, 0) is 18.6 Å². The molecule has 0 atom stereocenters. The van der Waals surface area contributed by atoms with Crippen LogP contribution < -0.4 is 4.74 Å². The summed E-state index contributed by atoms with van der Waals surface area (Å²) in [6.07, 6.45) is 4.88. The molecule has 0 aliphatic carbocycles. The third kappa shape index (κ3) is 3.08. The van der Waals surface area contributed by atoms with Crippen LogP contribution in [-0.4, -0.2) is 32.3 Å². The number of benzene rings is 1. The van der Waals surface area contributed by atoms with E-state index in [4.69, 9.17) is 4.74 Å². The van der Waals surface area contributed by atoms with E-state index in [0.29, 0.717) is 17.7 Å². The fraction of sp³-hybridized carbons (Fsp3) is 0.214. The van der Waals surface area contributed by atoms with Crippen molar-refractivity contribution in [3.63, 3.8) is 0 Å². The minimum atomic E-state index is -3.62. The Labute approximate surface area is 118 Å². The van der Waals surface area contributed by atoms with Crippen LogP contribution in [0.25, 0.3) is 6.08 Å². The van der Waals surface area contributed by atoms with Gasteiger partial charge in [0.2, 0.25) is 0 Å². The minimum absolute atomic E-state index is 0.175. The lowest BCUT2D eigenvalue weighted by atomic mass is 10.2. The van der Waals surface area contributed by atoms with E-state index >= 15 is 0 Å². The van der Waals surface area contributed by atoms with E-state index in [0.717, 1.165) is 9.71 Å². The van der Waals surface area contributed by atoms with Crippen molar-refractivity contribution in [1.29, 1.82) is 0 Å². The lowest BCUT2D eigenvalue weighted by molar-refractivity contribution is -0.121. The summed E-state index contributed by atoms with van der Waals surface area (Å²) in [5.74, 6) is 0.0678. The number of para-hydroxylation sites is 1. The molecule has 0 fully saturated rings. The third-order valence-corrected chi connectivity index (χ3v) is 4.38. The average Bonchev–Trinajstić information content (AvgIpc) is 2.44. The predicted molar refractivity (Wildman–Crippen MR) is 76.4 cm³/mol. The molecule has 1 heterocycles. The largest absolute Gasteiger partial charge is 0.496 e. The highest BCUT2D eigenvalue weighted by molar-refractivity contribution is 7.92. The highest BCUT2D eigenvalue weighted by Crippen LogP contribution is 2.19. The van der Waals surface area contributed by atoms with Gasteiger partial charge in [-0.3, -0.25) is 4.79 Å². The van der Waals surface area contributed by atoms with Gasteiger partial charge in [-0.25, -0.2) is 12.7 Å². The van der Waals surface area contributed by atoms with Crippen molar-refractivity contribution in [3.05, 3.63) is 47.4 Å². The van der Waals surface area contributed by atoms with Crippen LogP contribution >= 0.6 is 0 Å². The van der Waals surface area contributed by atoms with Crippen LogP contribution in [0.15, 0.2) is 41.8 Å². The van der Waals surface area contributed by atoms with Crippen molar-refractivity contribution >= 4 is 22.0 Å². The molecule has 1 aromatic rings. The van der Waals surface area contributed by atoms with Crippen LogP contribution in [0.1, 0.15) is 12.0 Å². The predicted octanol–water partition coefficient (Wildman–Crippen LogP) is 1.78. The summed E-state index contributed by atoms with van der Waals surface area (Å²) in [6, 6.07) is 7.18. The molecular formula is C14H15NO4S. The van der Waals surface area contributed by atoms with Gasteiger partial charge in [0.25, 0.3) is 15.9 Å². The maximum Gasteiger partial charge on any atom is 0.260 e. The number of methoxy groups -OCH3 is 1. The maximum absolute atomic E-state index is 12.0. The van der Waals surface area contributed by atoms with E-state index in [1.165, 1.54) is 13.2 Å². The van der Waals surface area contributed by atoms with E-state index in [1.807, 2.05) is 12.1 Å². The number of carbonyl (C=O) groups excluding carboxylic acids is 1. The highest BCUT2D eigenvalue weighted by atomic mass is 32.2. The average molecular weight is 293 g/mol. The van der Waals surface area contributed by atoms with Crippen LogP contribution in [0.5, 0.6) is 5.75 Å². The van der Waals surface area contributed by atoms with Crippen LogP contribution in [0, 0.1) is 0 Å². The Morgan fingerprint density at radius 1 is 1.35 bits per heavy atom. The van der Waals surface area contributed by atoms with E-state index < -0.39 is 15.9 Å². The van der Waals surface area contributed by atoms with Crippen molar-refractivity contribution in [2.75, 3.05) is 13.7 Å². The fourth-order valence-electron chi connectivity index (χ4n) is 1.87. The molecule has 0 unspecified atom stereocenters. The number of ether oxygens (including phenoxy) is 1. The number of hydrogen-bond acceptors (Lipinski definition) is 4. The molecule has 1 aliphatic heterocycles. The Hall–Kier alpha value is -2.08. The van der Waals surface area contributed by atoms with E-state index in [9.17, 15) is 13.2 Å². The SMILES string of the molecule is COc1ccccc1/C=C/C(=O)N1CCC=CS1(=O)=O. The lowest BCUT2D eigenvalue weighted by Crippen LogP contribution is -2.36. The van der Waals surface area contributed by atoms with Gasteiger partial charge in [0, 0.05) is 23.6 Å². The quantitative estimate of drug-likeness (QED) is 0.797. The molecular weight excluding hydrogens is 278 g/mol. The zero-order valence-electron chi connectivity index (χ0n) is 11.0. The smallest absolute Gasteiger partial charge is 0.260 e. The molecule has 0 N–H and O–H groups in total. The van der Waals surface area contributed by atoms with E-state index in [-0.39, 0.29) is 6.54 Å². The van der Waals surface area contributed by atoms with Crippen LogP contribution in [0.3, 0.4) is 0 Å². The van der Waals surface area contributed by atoms with E-state index in [2.05, 4.69) is 0 Å². The van der Waals surface area contributed by atoms with Crippen molar-refractivity contribution in [2.24, 2.45) is 0 Å². The van der Waals surface area contributed by atoms with Gasteiger partial charge in [0.1, 0.15) is 5.75 Å². The molecule has 2 rings (SSSR count). The summed E-state index contributed by atoms with van der Waals surface area (Å²) in [6.45, 7) is 0.175.